The standard InChI is InChI=1S/C15H30F2IN3O2/c1-2-22-12-10-21-8-6-20(7-9-21)5-3-4-11-23-14-15(16,17)13-19-18/h19H,2-14H2,1H3. The average Bonchev–Trinajstić information content (AvgIpc) is 2.52. The van der Waals surface area contributed by atoms with Crippen LogP contribution in [-0.4, -0.2) is 88.0 Å². The average molecular weight is 449 g/mol. The first-order valence-electron chi connectivity index (χ1n) is 8.39. The predicted molar refractivity (Wildman–Crippen MR) is 96.4 cm³/mol. The monoisotopic (exact) mass is 449 g/mol. The van der Waals surface area contributed by atoms with Crippen LogP contribution in [0.4, 0.5) is 8.78 Å². The highest BCUT2D eigenvalue weighted by Crippen LogP contribution is 2.13. The number of nitrogens with zero attached hydrogens (tertiary/aromatic N) is 2. The Morgan fingerprint density at radius 3 is 2.26 bits per heavy atom. The van der Waals surface area contributed by atoms with Crippen LogP contribution in [0, 0.1) is 0 Å². The van der Waals surface area contributed by atoms with Gasteiger partial charge in [0, 0.05) is 68.8 Å². The van der Waals surface area contributed by atoms with E-state index < -0.39 is 12.5 Å². The first-order valence-corrected chi connectivity index (χ1v) is 9.47. The van der Waals surface area contributed by atoms with E-state index in [2.05, 4.69) is 13.3 Å². The van der Waals surface area contributed by atoms with Gasteiger partial charge in [-0.25, -0.2) is 8.78 Å². The number of piperazine rings is 1. The number of hydrogen-bond donors (Lipinski definition) is 1. The third kappa shape index (κ3) is 10.8. The normalized spacial score (nSPS) is 17.7. The maximum Gasteiger partial charge on any atom is 0.283 e. The molecule has 0 amide bonds. The van der Waals surface area contributed by atoms with E-state index in [1.54, 1.807) is 22.9 Å². The van der Waals surface area contributed by atoms with E-state index in [-0.39, 0.29) is 6.54 Å². The molecule has 0 aliphatic carbocycles. The summed E-state index contributed by atoms with van der Waals surface area (Å²) >= 11 is 1.72. The van der Waals surface area contributed by atoms with Gasteiger partial charge in [-0.15, -0.1) is 0 Å². The molecule has 0 radical (unpaired) electrons. The topological polar surface area (TPSA) is 37.0 Å². The van der Waals surface area contributed by atoms with Crippen LogP contribution >= 0.6 is 22.9 Å². The SMILES string of the molecule is CCOCCN1CCN(CCCCOCC(F)(F)CNI)CC1. The molecule has 8 heteroatoms. The molecule has 138 valence electrons. The van der Waals surface area contributed by atoms with Gasteiger partial charge in [-0.3, -0.25) is 8.43 Å². The summed E-state index contributed by atoms with van der Waals surface area (Å²) < 4.78 is 39.2. The molecule has 0 saturated carbocycles. The Balaban J connectivity index is 1.95. The number of hydrogen-bond acceptors (Lipinski definition) is 5. The van der Waals surface area contributed by atoms with Crippen molar-refractivity contribution in [2.45, 2.75) is 25.7 Å². The van der Waals surface area contributed by atoms with Crippen molar-refractivity contribution in [3.63, 3.8) is 0 Å². The molecule has 1 heterocycles. The van der Waals surface area contributed by atoms with Crippen molar-refractivity contribution in [2.75, 3.05) is 72.2 Å². The molecule has 0 aromatic carbocycles. The molecule has 1 N–H and O–H groups in total. The van der Waals surface area contributed by atoms with Gasteiger partial charge in [-0.1, -0.05) is 0 Å². The highest BCUT2D eigenvalue weighted by molar-refractivity contribution is 14.1. The number of rotatable bonds is 13. The number of nitrogens with one attached hydrogen (secondary N) is 1. The second-order valence-corrected chi connectivity index (χ2v) is 6.57. The van der Waals surface area contributed by atoms with Crippen LogP contribution in [0.15, 0.2) is 0 Å². The van der Waals surface area contributed by atoms with Gasteiger partial charge in [-0.2, -0.15) is 0 Å². The van der Waals surface area contributed by atoms with Crippen molar-refractivity contribution in [1.29, 1.82) is 0 Å². The van der Waals surface area contributed by atoms with Gasteiger partial charge in [0.25, 0.3) is 5.92 Å². The summed E-state index contributed by atoms with van der Waals surface area (Å²) in [4.78, 5) is 4.87. The third-order valence-corrected chi connectivity index (χ3v) is 4.25. The maximum atomic E-state index is 13.2. The minimum atomic E-state index is -2.78. The highest BCUT2D eigenvalue weighted by Gasteiger charge is 2.28. The lowest BCUT2D eigenvalue weighted by Crippen LogP contribution is -2.47. The lowest BCUT2D eigenvalue weighted by molar-refractivity contribution is -0.0713. The minimum absolute atomic E-state index is 0.346. The summed E-state index contributed by atoms with van der Waals surface area (Å²) in [5, 5.41) is 0. The smallest absolute Gasteiger partial charge is 0.283 e. The second-order valence-electron chi connectivity index (χ2n) is 5.81. The summed E-state index contributed by atoms with van der Waals surface area (Å²) in [6.07, 6.45) is 1.83. The third-order valence-electron chi connectivity index (χ3n) is 3.87. The van der Waals surface area contributed by atoms with E-state index in [1.807, 2.05) is 6.92 Å². The summed E-state index contributed by atoms with van der Waals surface area (Å²) in [6, 6.07) is 0. The zero-order valence-corrected chi connectivity index (χ0v) is 16.2. The van der Waals surface area contributed by atoms with Crippen molar-refractivity contribution < 1.29 is 18.3 Å². The van der Waals surface area contributed by atoms with E-state index >= 15 is 0 Å². The zero-order chi connectivity index (χ0) is 17.0. The highest BCUT2D eigenvalue weighted by atomic mass is 127. The molecule has 0 bridgehead atoms. The largest absolute Gasteiger partial charge is 0.380 e. The summed E-state index contributed by atoms with van der Waals surface area (Å²) in [5.74, 6) is -2.78. The quantitative estimate of drug-likeness (QED) is 0.265. The fourth-order valence-electron chi connectivity index (χ4n) is 2.48. The van der Waals surface area contributed by atoms with E-state index in [0.717, 1.165) is 65.3 Å². The van der Waals surface area contributed by atoms with Gasteiger partial charge in [0.15, 0.2) is 0 Å². The molecule has 1 rings (SSSR count). The second kappa shape index (κ2) is 12.7. The number of halogens is 3. The van der Waals surface area contributed by atoms with Crippen LogP contribution in [0.2, 0.25) is 0 Å². The van der Waals surface area contributed by atoms with Crippen LogP contribution in [0.5, 0.6) is 0 Å². The number of alkyl halides is 2. The van der Waals surface area contributed by atoms with E-state index in [0.29, 0.717) is 6.61 Å². The van der Waals surface area contributed by atoms with Crippen LogP contribution in [0.25, 0.3) is 0 Å². The van der Waals surface area contributed by atoms with Gasteiger partial charge >= 0.3 is 0 Å². The van der Waals surface area contributed by atoms with Crippen molar-refractivity contribution in [1.82, 2.24) is 13.3 Å². The molecule has 23 heavy (non-hydrogen) atoms. The van der Waals surface area contributed by atoms with Gasteiger partial charge in [0.1, 0.15) is 6.61 Å². The van der Waals surface area contributed by atoms with Crippen LogP contribution < -0.4 is 3.53 Å². The molecule has 5 nitrogen and oxygen atoms in total. The van der Waals surface area contributed by atoms with E-state index in [4.69, 9.17) is 9.47 Å². The van der Waals surface area contributed by atoms with E-state index in [1.165, 1.54) is 0 Å². The number of unbranched alkanes of at least 4 members (excludes halogenated alkanes) is 1. The molecule has 1 aliphatic rings. The Bertz CT molecular complexity index is 294. The Kier molecular flexibility index (Phi) is 11.8. The first kappa shape index (κ1) is 21.4. The van der Waals surface area contributed by atoms with Gasteiger partial charge in [0.2, 0.25) is 0 Å². The molecule has 0 aromatic heterocycles. The van der Waals surface area contributed by atoms with Gasteiger partial charge in [-0.05, 0) is 26.3 Å². The van der Waals surface area contributed by atoms with E-state index in [9.17, 15) is 8.78 Å². The van der Waals surface area contributed by atoms with Crippen LogP contribution in [0.3, 0.4) is 0 Å². The molecule has 1 aliphatic heterocycles. The Hall–Kier alpha value is 0.390. The summed E-state index contributed by atoms with van der Waals surface area (Å²) in [7, 11) is 0. The van der Waals surface area contributed by atoms with Crippen molar-refractivity contribution in [2.24, 2.45) is 0 Å². The van der Waals surface area contributed by atoms with Gasteiger partial charge < -0.3 is 14.4 Å². The molecular weight excluding hydrogens is 419 g/mol. The van der Waals surface area contributed by atoms with Crippen molar-refractivity contribution in [3.8, 4) is 0 Å². The Morgan fingerprint density at radius 2 is 1.65 bits per heavy atom. The lowest BCUT2D eigenvalue weighted by atomic mass is 10.2. The van der Waals surface area contributed by atoms with Crippen molar-refractivity contribution in [3.05, 3.63) is 0 Å². The predicted octanol–water partition coefficient (Wildman–Crippen LogP) is 2.01. The first-order chi connectivity index (χ1) is 11.1. The maximum absolute atomic E-state index is 13.2. The fraction of sp³-hybridized carbons (Fsp3) is 1.00. The molecular formula is C15H30F2IN3O2. The van der Waals surface area contributed by atoms with Gasteiger partial charge in [0.05, 0.1) is 13.2 Å². The Labute approximate surface area is 152 Å². The molecule has 1 fully saturated rings. The zero-order valence-electron chi connectivity index (χ0n) is 14.0. The summed E-state index contributed by atoms with van der Waals surface area (Å²) in [5.41, 5.74) is 0. The lowest BCUT2D eigenvalue weighted by Gasteiger charge is -2.34. The van der Waals surface area contributed by atoms with Crippen LogP contribution in [0.1, 0.15) is 19.8 Å². The Morgan fingerprint density at radius 1 is 1.00 bits per heavy atom. The molecule has 0 aromatic rings. The molecule has 0 atom stereocenters. The van der Waals surface area contributed by atoms with Crippen molar-refractivity contribution >= 4 is 22.9 Å². The summed E-state index contributed by atoms with van der Waals surface area (Å²) in [6.45, 7) is 9.52. The molecule has 0 spiro atoms. The minimum Gasteiger partial charge on any atom is -0.380 e. The van der Waals surface area contributed by atoms with Crippen LogP contribution in [-0.2, 0) is 9.47 Å². The molecule has 1 saturated heterocycles. The fourth-order valence-corrected chi connectivity index (χ4v) is 3.04. The number of ether oxygens (including phenoxy) is 2. The molecule has 0 unspecified atom stereocenters.